The highest BCUT2D eigenvalue weighted by Crippen LogP contribution is 2.16. The number of anilines is 1. The van der Waals surface area contributed by atoms with E-state index in [1.165, 1.54) is 0 Å². The van der Waals surface area contributed by atoms with Crippen LogP contribution in [0.1, 0.15) is 12.0 Å². The maximum atomic E-state index is 12.3. The van der Waals surface area contributed by atoms with Crippen molar-refractivity contribution in [3.8, 4) is 5.75 Å². The lowest BCUT2D eigenvalue weighted by molar-refractivity contribution is -0.0498. The number of rotatable bonds is 9. The maximum absolute atomic E-state index is 12.3. The second kappa shape index (κ2) is 14.1. The van der Waals surface area contributed by atoms with Crippen LogP contribution in [0.2, 0.25) is 0 Å². The van der Waals surface area contributed by atoms with Gasteiger partial charge in [0.05, 0.1) is 0 Å². The molecule has 0 spiro atoms. The number of hydrogen-bond acceptors (Lipinski definition) is 6. The van der Waals surface area contributed by atoms with Gasteiger partial charge in [0.2, 0.25) is 5.95 Å². The predicted octanol–water partition coefficient (Wildman–Crippen LogP) is 2.92. The van der Waals surface area contributed by atoms with Crippen molar-refractivity contribution in [3.63, 3.8) is 0 Å². The summed E-state index contributed by atoms with van der Waals surface area (Å²) in [6.45, 7) is 3.50. The van der Waals surface area contributed by atoms with E-state index >= 15 is 0 Å². The Kier molecular flexibility index (Phi) is 11.5. The number of alkyl halides is 2. The molecule has 33 heavy (non-hydrogen) atoms. The van der Waals surface area contributed by atoms with Crippen molar-refractivity contribution in [1.29, 1.82) is 0 Å². The third-order valence-corrected chi connectivity index (χ3v) is 5.28. The van der Waals surface area contributed by atoms with E-state index in [-0.39, 0.29) is 29.7 Å². The van der Waals surface area contributed by atoms with E-state index in [0.717, 1.165) is 63.2 Å². The normalized spacial score (nSPS) is 14.7. The molecule has 1 fully saturated rings. The summed E-state index contributed by atoms with van der Waals surface area (Å²) in [5.74, 6) is 1.76. The Bertz CT molecular complexity index is 834. The summed E-state index contributed by atoms with van der Waals surface area (Å²) in [6, 6.07) is 8.49. The minimum Gasteiger partial charge on any atom is -0.435 e. The largest absolute Gasteiger partial charge is 0.435 e. The maximum Gasteiger partial charge on any atom is 0.387 e. The lowest BCUT2D eigenvalue weighted by Gasteiger charge is -2.34. The highest BCUT2D eigenvalue weighted by Gasteiger charge is 2.18. The van der Waals surface area contributed by atoms with Gasteiger partial charge >= 0.3 is 6.61 Å². The van der Waals surface area contributed by atoms with Crippen molar-refractivity contribution in [1.82, 2.24) is 25.1 Å². The van der Waals surface area contributed by atoms with Crippen LogP contribution in [0.4, 0.5) is 14.7 Å². The number of aromatic nitrogens is 2. The van der Waals surface area contributed by atoms with Gasteiger partial charge in [-0.3, -0.25) is 9.89 Å². The van der Waals surface area contributed by atoms with Crippen LogP contribution in [0, 0.1) is 0 Å². The number of nitrogens with one attached hydrogen (secondary N) is 1. The van der Waals surface area contributed by atoms with Gasteiger partial charge in [0, 0.05) is 65.8 Å². The fraction of sp³-hybridized carbons (Fsp3) is 0.500. The highest BCUT2D eigenvalue weighted by atomic mass is 127. The summed E-state index contributed by atoms with van der Waals surface area (Å²) >= 11 is 0. The Morgan fingerprint density at radius 2 is 1.82 bits per heavy atom. The van der Waals surface area contributed by atoms with E-state index in [1.54, 1.807) is 43.7 Å². The monoisotopic (exact) mass is 575 g/mol. The van der Waals surface area contributed by atoms with Gasteiger partial charge in [0.15, 0.2) is 5.96 Å². The molecule has 2 aromatic rings. The molecule has 0 radical (unpaired) electrons. The van der Waals surface area contributed by atoms with Gasteiger partial charge in [0.1, 0.15) is 5.75 Å². The Labute approximate surface area is 211 Å². The fourth-order valence-electron chi connectivity index (χ4n) is 3.64. The quantitative estimate of drug-likeness (QED) is 0.214. The average molecular weight is 575 g/mol. The van der Waals surface area contributed by atoms with Gasteiger partial charge in [-0.25, -0.2) is 9.97 Å². The molecule has 1 aliphatic heterocycles. The van der Waals surface area contributed by atoms with Gasteiger partial charge < -0.3 is 19.9 Å². The molecule has 1 aliphatic rings. The number of halogens is 3. The van der Waals surface area contributed by atoms with Crippen molar-refractivity contribution < 1.29 is 13.5 Å². The van der Waals surface area contributed by atoms with Crippen LogP contribution >= 0.6 is 24.0 Å². The number of aliphatic imine (C=N–C) groups is 1. The first kappa shape index (κ1) is 27.0. The molecule has 0 atom stereocenters. The second-order valence-electron chi connectivity index (χ2n) is 7.58. The number of hydrogen-bond donors (Lipinski definition) is 1. The summed E-state index contributed by atoms with van der Waals surface area (Å²) in [7, 11) is 3.70. The SMILES string of the molecule is CN=C(NCCCN1CCN(c2ncccn2)CC1)N(C)Cc1ccc(OC(F)F)cc1.I. The Hall–Kier alpha value is -2.28. The summed E-state index contributed by atoms with van der Waals surface area (Å²) in [4.78, 5) is 19.7. The molecule has 0 aliphatic carbocycles. The molecule has 1 aromatic heterocycles. The van der Waals surface area contributed by atoms with Gasteiger partial charge in [-0.1, -0.05) is 12.1 Å². The van der Waals surface area contributed by atoms with Crippen molar-refractivity contribution in [2.45, 2.75) is 19.6 Å². The summed E-state index contributed by atoms with van der Waals surface area (Å²) in [5, 5.41) is 3.40. The fourth-order valence-corrected chi connectivity index (χ4v) is 3.64. The van der Waals surface area contributed by atoms with E-state index in [1.807, 2.05) is 18.0 Å². The van der Waals surface area contributed by atoms with Crippen LogP contribution in [0.5, 0.6) is 5.75 Å². The Balaban J connectivity index is 0.00000385. The molecule has 3 rings (SSSR count). The number of ether oxygens (including phenoxy) is 1. The standard InChI is InChI=1S/C22H31F2N7O.HI/c1-25-21(29(2)17-18-5-7-19(8-6-18)32-20(23)24)26-11-4-12-30-13-15-31(16-14-30)22-27-9-3-10-28-22;/h3,5-10,20H,4,11-17H2,1-2H3,(H,25,26);1H. The van der Waals surface area contributed by atoms with E-state index < -0.39 is 6.61 Å². The summed E-state index contributed by atoms with van der Waals surface area (Å²) in [6.07, 6.45) is 4.57. The predicted molar refractivity (Wildman–Crippen MR) is 137 cm³/mol. The second-order valence-corrected chi connectivity index (χ2v) is 7.58. The zero-order chi connectivity index (χ0) is 22.8. The molecular formula is C22H32F2IN7O. The van der Waals surface area contributed by atoms with Gasteiger partial charge in [-0.2, -0.15) is 8.78 Å². The molecule has 0 saturated carbocycles. The van der Waals surface area contributed by atoms with E-state index in [4.69, 9.17) is 0 Å². The Morgan fingerprint density at radius 1 is 1.15 bits per heavy atom. The summed E-state index contributed by atoms with van der Waals surface area (Å²) < 4.78 is 28.9. The molecule has 1 saturated heterocycles. The molecule has 0 bridgehead atoms. The van der Waals surface area contributed by atoms with Crippen LogP contribution in [0.25, 0.3) is 0 Å². The molecule has 1 aromatic carbocycles. The number of nitrogens with zero attached hydrogens (tertiary/aromatic N) is 6. The lowest BCUT2D eigenvalue weighted by atomic mass is 10.2. The average Bonchev–Trinajstić information content (AvgIpc) is 2.81. The van der Waals surface area contributed by atoms with Crippen molar-refractivity contribution in [3.05, 3.63) is 48.3 Å². The van der Waals surface area contributed by atoms with E-state index in [0.29, 0.717) is 6.54 Å². The minimum atomic E-state index is -2.81. The first-order valence-corrected chi connectivity index (χ1v) is 10.7. The lowest BCUT2D eigenvalue weighted by Crippen LogP contribution is -2.47. The van der Waals surface area contributed by atoms with Crippen molar-refractivity contribution >= 4 is 35.9 Å². The molecular weight excluding hydrogens is 543 g/mol. The van der Waals surface area contributed by atoms with Crippen LogP contribution in [-0.2, 0) is 6.54 Å². The Morgan fingerprint density at radius 3 is 2.42 bits per heavy atom. The molecule has 1 N–H and O–H groups in total. The van der Waals surface area contributed by atoms with Gasteiger partial charge in [-0.15, -0.1) is 24.0 Å². The van der Waals surface area contributed by atoms with Crippen LogP contribution in [0.15, 0.2) is 47.7 Å². The molecule has 0 unspecified atom stereocenters. The van der Waals surface area contributed by atoms with Gasteiger partial charge in [-0.05, 0) is 36.7 Å². The third kappa shape index (κ3) is 8.88. The number of piperazine rings is 1. The topological polar surface area (TPSA) is 69.1 Å². The molecule has 2 heterocycles. The zero-order valence-electron chi connectivity index (χ0n) is 19.0. The third-order valence-electron chi connectivity index (χ3n) is 5.28. The summed E-state index contributed by atoms with van der Waals surface area (Å²) in [5.41, 5.74) is 0.984. The highest BCUT2D eigenvalue weighted by molar-refractivity contribution is 14.0. The van der Waals surface area contributed by atoms with Crippen molar-refractivity contribution in [2.75, 3.05) is 58.3 Å². The number of guanidine groups is 1. The van der Waals surface area contributed by atoms with E-state index in [9.17, 15) is 8.78 Å². The first-order valence-electron chi connectivity index (χ1n) is 10.7. The first-order chi connectivity index (χ1) is 15.5. The molecule has 182 valence electrons. The minimum absolute atomic E-state index is 0. The van der Waals surface area contributed by atoms with Gasteiger partial charge in [0.25, 0.3) is 0 Å². The smallest absolute Gasteiger partial charge is 0.387 e. The van der Waals surface area contributed by atoms with Crippen molar-refractivity contribution in [2.24, 2.45) is 4.99 Å². The molecule has 8 nitrogen and oxygen atoms in total. The zero-order valence-corrected chi connectivity index (χ0v) is 21.4. The number of benzene rings is 1. The van der Waals surface area contributed by atoms with E-state index in [2.05, 4.69) is 34.8 Å². The van der Waals surface area contributed by atoms with Crippen LogP contribution in [-0.4, -0.2) is 85.7 Å². The molecule has 11 heteroatoms. The van der Waals surface area contributed by atoms with Crippen LogP contribution in [0.3, 0.4) is 0 Å². The molecule has 0 amide bonds. The van der Waals surface area contributed by atoms with Crippen LogP contribution < -0.4 is 15.0 Å².